The van der Waals surface area contributed by atoms with Crippen molar-refractivity contribution in [2.75, 3.05) is 10.6 Å². The summed E-state index contributed by atoms with van der Waals surface area (Å²) in [5.41, 5.74) is -1.21. The van der Waals surface area contributed by atoms with Crippen LogP contribution in [0.2, 0.25) is 5.02 Å². The summed E-state index contributed by atoms with van der Waals surface area (Å²) in [6, 6.07) is 5.11. The first-order valence-electron chi connectivity index (χ1n) is 7.22. The van der Waals surface area contributed by atoms with Crippen LogP contribution in [0.4, 0.5) is 30.5 Å². The van der Waals surface area contributed by atoms with Gasteiger partial charge in [-0.2, -0.15) is 13.2 Å². The van der Waals surface area contributed by atoms with Crippen LogP contribution in [0.5, 0.6) is 0 Å². The zero-order valence-corrected chi connectivity index (χ0v) is 14.5. The van der Waals surface area contributed by atoms with Gasteiger partial charge < -0.3 is 10.6 Å². The van der Waals surface area contributed by atoms with Crippen molar-refractivity contribution in [2.24, 2.45) is 0 Å². The first kappa shape index (κ1) is 18.3. The Morgan fingerprint density at radius 3 is 2.21 bits per heavy atom. The van der Waals surface area contributed by atoms with Crippen molar-refractivity contribution < 1.29 is 13.2 Å². The third kappa shape index (κ3) is 4.99. The number of halogens is 4. The number of alkyl halides is 3. The highest BCUT2D eigenvalue weighted by atomic mass is 35.5. The van der Waals surface area contributed by atoms with Crippen molar-refractivity contribution in [3.8, 4) is 0 Å². The molecule has 0 radical (unpaired) electrons. The average Bonchev–Trinajstić information content (AvgIpc) is 2.36. The van der Waals surface area contributed by atoms with E-state index in [4.69, 9.17) is 11.6 Å². The fraction of sp³-hybridized carbons (Fsp3) is 0.375. The summed E-state index contributed by atoms with van der Waals surface area (Å²) in [7, 11) is 0. The lowest BCUT2D eigenvalue weighted by Gasteiger charge is -2.22. The third-order valence-corrected chi connectivity index (χ3v) is 3.13. The van der Waals surface area contributed by atoms with Gasteiger partial charge in [-0.25, -0.2) is 9.97 Å². The van der Waals surface area contributed by atoms with E-state index in [0.717, 1.165) is 6.07 Å². The molecule has 0 aliphatic carbocycles. The summed E-state index contributed by atoms with van der Waals surface area (Å²) in [4.78, 5) is 8.38. The quantitative estimate of drug-likeness (QED) is 0.770. The number of nitrogens with one attached hydrogen (secondary N) is 2. The predicted octanol–water partition coefficient (Wildman–Crippen LogP) is 5.41. The molecule has 0 bridgehead atoms. The molecule has 0 unspecified atom stereocenters. The van der Waals surface area contributed by atoms with Crippen LogP contribution < -0.4 is 10.6 Å². The van der Waals surface area contributed by atoms with E-state index in [1.165, 1.54) is 12.1 Å². The van der Waals surface area contributed by atoms with Gasteiger partial charge >= 0.3 is 6.18 Å². The van der Waals surface area contributed by atoms with Crippen LogP contribution in [0, 0.1) is 6.92 Å². The molecule has 8 heteroatoms. The first-order chi connectivity index (χ1) is 10.9. The zero-order chi connectivity index (χ0) is 18.1. The van der Waals surface area contributed by atoms with Gasteiger partial charge in [0.05, 0.1) is 11.3 Å². The van der Waals surface area contributed by atoms with Crippen molar-refractivity contribution in [3.05, 3.63) is 40.7 Å². The second-order valence-electron chi connectivity index (χ2n) is 6.37. The summed E-state index contributed by atoms with van der Waals surface area (Å²) in [6.45, 7) is 7.54. The van der Waals surface area contributed by atoms with Crippen molar-refractivity contribution in [3.63, 3.8) is 0 Å². The standard InChI is InChI=1S/C16H18ClF3N4/c1-9-21-13(8-14(22-9)24-15(2,3)4)23-12-6-5-10(17)7-11(12)16(18,19)20/h5-8H,1-4H3,(H2,21,22,23,24). The van der Waals surface area contributed by atoms with Crippen LogP contribution in [0.1, 0.15) is 32.2 Å². The summed E-state index contributed by atoms with van der Waals surface area (Å²) in [5, 5.41) is 5.89. The average molecular weight is 359 g/mol. The van der Waals surface area contributed by atoms with E-state index in [2.05, 4.69) is 20.6 Å². The van der Waals surface area contributed by atoms with Gasteiger partial charge in [-0.05, 0) is 45.9 Å². The number of benzene rings is 1. The molecule has 0 aliphatic heterocycles. The third-order valence-electron chi connectivity index (χ3n) is 2.89. The fourth-order valence-corrected chi connectivity index (χ4v) is 2.25. The van der Waals surface area contributed by atoms with Gasteiger partial charge in [0.2, 0.25) is 0 Å². The van der Waals surface area contributed by atoms with E-state index in [9.17, 15) is 13.2 Å². The van der Waals surface area contributed by atoms with E-state index in [-0.39, 0.29) is 22.1 Å². The molecule has 130 valence electrons. The van der Waals surface area contributed by atoms with Crippen molar-refractivity contribution in [2.45, 2.75) is 39.4 Å². The normalized spacial score (nSPS) is 12.2. The molecule has 2 N–H and O–H groups in total. The van der Waals surface area contributed by atoms with Crippen molar-refractivity contribution >= 4 is 28.9 Å². The van der Waals surface area contributed by atoms with E-state index < -0.39 is 11.7 Å². The minimum atomic E-state index is -4.53. The second kappa shape index (κ2) is 6.47. The number of rotatable bonds is 3. The highest BCUT2D eigenvalue weighted by Crippen LogP contribution is 2.37. The summed E-state index contributed by atoms with van der Waals surface area (Å²) < 4.78 is 39.5. The molecule has 0 saturated heterocycles. The van der Waals surface area contributed by atoms with Crippen LogP contribution in [0.25, 0.3) is 0 Å². The molecule has 1 aromatic heterocycles. The molecule has 1 heterocycles. The Morgan fingerprint density at radius 2 is 1.62 bits per heavy atom. The molecule has 0 saturated carbocycles. The number of aryl methyl sites for hydroxylation is 1. The highest BCUT2D eigenvalue weighted by Gasteiger charge is 2.34. The maximum absolute atomic E-state index is 13.2. The molecule has 0 fully saturated rings. The van der Waals surface area contributed by atoms with Crippen molar-refractivity contribution in [1.29, 1.82) is 0 Å². The van der Waals surface area contributed by atoms with Gasteiger partial charge in [0, 0.05) is 16.6 Å². The minimum absolute atomic E-state index is 0.0156. The molecule has 4 nitrogen and oxygen atoms in total. The molecule has 2 aromatic rings. The Kier molecular flexibility index (Phi) is 4.94. The van der Waals surface area contributed by atoms with E-state index >= 15 is 0 Å². The Labute approximate surface area is 143 Å². The molecule has 0 amide bonds. The Morgan fingerprint density at radius 1 is 1.00 bits per heavy atom. The van der Waals surface area contributed by atoms with Gasteiger partial charge in [0.1, 0.15) is 17.5 Å². The minimum Gasteiger partial charge on any atom is -0.365 e. The second-order valence-corrected chi connectivity index (χ2v) is 6.81. The Bertz CT molecular complexity index is 739. The van der Waals surface area contributed by atoms with Crippen LogP contribution in [-0.4, -0.2) is 15.5 Å². The van der Waals surface area contributed by atoms with Crippen LogP contribution in [0.15, 0.2) is 24.3 Å². The molecule has 1 aromatic carbocycles. The van der Waals surface area contributed by atoms with E-state index in [0.29, 0.717) is 11.6 Å². The van der Waals surface area contributed by atoms with Crippen LogP contribution >= 0.6 is 11.6 Å². The number of aromatic nitrogens is 2. The van der Waals surface area contributed by atoms with Gasteiger partial charge in [0.15, 0.2) is 0 Å². The van der Waals surface area contributed by atoms with Gasteiger partial charge in [0.25, 0.3) is 0 Å². The van der Waals surface area contributed by atoms with Crippen molar-refractivity contribution in [1.82, 2.24) is 9.97 Å². The van der Waals surface area contributed by atoms with Gasteiger partial charge in [-0.15, -0.1) is 0 Å². The maximum Gasteiger partial charge on any atom is 0.418 e. The topological polar surface area (TPSA) is 49.8 Å². The summed E-state index contributed by atoms with van der Waals surface area (Å²) in [5.74, 6) is 1.23. The van der Waals surface area contributed by atoms with Gasteiger partial charge in [-0.3, -0.25) is 0 Å². The van der Waals surface area contributed by atoms with Gasteiger partial charge in [-0.1, -0.05) is 11.6 Å². The van der Waals surface area contributed by atoms with Crippen LogP contribution in [0.3, 0.4) is 0 Å². The fourth-order valence-electron chi connectivity index (χ4n) is 2.08. The maximum atomic E-state index is 13.2. The van der Waals surface area contributed by atoms with Crippen LogP contribution in [-0.2, 0) is 6.18 Å². The largest absolute Gasteiger partial charge is 0.418 e. The number of hydrogen-bond donors (Lipinski definition) is 2. The monoisotopic (exact) mass is 358 g/mol. The molecule has 2 rings (SSSR count). The molecule has 0 spiro atoms. The Balaban J connectivity index is 2.38. The number of anilines is 3. The highest BCUT2D eigenvalue weighted by molar-refractivity contribution is 6.30. The lowest BCUT2D eigenvalue weighted by molar-refractivity contribution is -0.136. The lowest BCUT2D eigenvalue weighted by atomic mass is 10.1. The molecule has 0 atom stereocenters. The Hall–Kier alpha value is -2.02. The molecule has 0 aliphatic rings. The smallest absolute Gasteiger partial charge is 0.365 e. The molecule has 24 heavy (non-hydrogen) atoms. The molecular formula is C16H18ClF3N4. The SMILES string of the molecule is Cc1nc(Nc2ccc(Cl)cc2C(F)(F)F)cc(NC(C)(C)C)n1. The number of nitrogens with zero attached hydrogens (tertiary/aromatic N) is 2. The van der Waals surface area contributed by atoms with E-state index in [1.54, 1.807) is 13.0 Å². The summed E-state index contributed by atoms with van der Waals surface area (Å²) in [6.07, 6.45) is -4.53. The molecular weight excluding hydrogens is 341 g/mol. The van der Waals surface area contributed by atoms with E-state index in [1.807, 2.05) is 20.8 Å². The summed E-state index contributed by atoms with van der Waals surface area (Å²) >= 11 is 5.69. The lowest BCUT2D eigenvalue weighted by Crippen LogP contribution is -2.27. The number of hydrogen-bond acceptors (Lipinski definition) is 4. The first-order valence-corrected chi connectivity index (χ1v) is 7.59. The zero-order valence-electron chi connectivity index (χ0n) is 13.7. The predicted molar refractivity (Wildman–Crippen MR) is 89.9 cm³/mol.